The van der Waals surface area contributed by atoms with Crippen LogP contribution in [0, 0.1) is 13.8 Å². The first-order chi connectivity index (χ1) is 7.24. The Labute approximate surface area is 87.9 Å². The summed E-state index contributed by atoms with van der Waals surface area (Å²) in [5.41, 5.74) is 2.31. The van der Waals surface area contributed by atoms with Crippen molar-refractivity contribution in [3.8, 4) is 6.08 Å². The molecule has 0 atom stereocenters. The molecular weight excluding hydrogens is 192 g/mol. The summed E-state index contributed by atoms with van der Waals surface area (Å²) in [6, 6.07) is 8.10. The summed E-state index contributed by atoms with van der Waals surface area (Å²) in [5, 5.41) is 3.63. The van der Waals surface area contributed by atoms with Gasteiger partial charge in [0.25, 0.3) is 0 Å². The minimum Gasteiger partial charge on any atom is -0.444 e. The number of hydrogen-bond acceptors (Lipinski definition) is 4. The van der Waals surface area contributed by atoms with E-state index in [1.165, 1.54) is 5.56 Å². The van der Waals surface area contributed by atoms with E-state index in [1.54, 1.807) is 6.92 Å². The molecule has 0 spiro atoms. The zero-order valence-corrected chi connectivity index (χ0v) is 8.73. The Kier molecular flexibility index (Phi) is 2.67. The van der Waals surface area contributed by atoms with Crippen molar-refractivity contribution >= 4 is 0 Å². The molecular formula is C11H12N2O2. The second-order valence-corrected chi connectivity index (χ2v) is 3.38. The van der Waals surface area contributed by atoms with Gasteiger partial charge in [-0.3, -0.25) is 4.52 Å². The third-order valence-electron chi connectivity index (χ3n) is 1.99. The van der Waals surface area contributed by atoms with Crippen LogP contribution in [-0.4, -0.2) is 10.1 Å². The van der Waals surface area contributed by atoms with E-state index in [0.717, 1.165) is 5.56 Å². The van der Waals surface area contributed by atoms with Crippen LogP contribution < -0.4 is 4.74 Å². The minimum absolute atomic E-state index is 0.216. The largest absolute Gasteiger partial charge is 0.444 e. The number of ether oxygens (including phenoxy) is 1. The fourth-order valence-corrected chi connectivity index (χ4v) is 1.17. The van der Waals surface area contributed by atoms with Crippen molar-refractivity contribution < 1.29 is 9.26 Å². The molecule has 0 saturated carbocycles. The lowest BCUT2D eigenvalue weighted by Gasteiger charge is -2.00. The Morgan fingerprint density at radius 3 is 2.53 bits per heavy atom. The molecule has 78 valence electrons. The maximum Gasteiger partial charge on any atom is 0.417 e. The van der Waals surface area contributed by atoms with Gasteiger partial charge in [0.1, 0.15) is 6.61 Å². The van der Waals surface area contributed by atoms with E-state index in [1.807, 2.05) is 31.2 Å². The first-order valence-electron chi connectivity index (χ1n) is 4.73. The van der Waals surface area contributed by atoms with E-state index in [2.05, 4.69) is 10.1 Å². The van der Waals surface area contributed by atoms with Gasteiger partial charge < -0.3 is 4.74 Å². The lowest BCUT2D eigenvalue weighted by atomic mass is 10.2. The van der Waals surface area contributed by atoms with Gasteiger partial charge in [-0.05, 0) is 19.4 Å². The van der Waals surface area contributed by atoms with Gasteiger partial charge in [-0.15, -0.1) is 0 Å². The van der Waals surface area contributed by atoms with Crippen molar-refractivity contribution in [2.45, 2.75) is 20.5 Å². The van der Waals surface area contributed by atoms with Gasteiger partial charge in [0, 0.05) is 0 Å². The maximum atomic E-state index is 5.31. The number of aromatic nitrogens is 2. The molecule has 0 fully saturated rings. The summed E-state index contributed by atoms with van der Waals surface area (Å²) in [6.45, 7) is 4.25. The summed E-state index contributed by atoms with van der Waals surface area (Å²) in [4.78, 5) is 3.94. The van der Waals surface area contributed by atoms with Crippen LogP contribution in [0.1, 0.15) is 17.0 Å². The van der Waals surface area contributed by atoms with Crippen molar-refractivity contribution in [2.24, 2.45) is 0 Å². The SMILES string of the molecule is Cc1ccc(COc2nc(C)no2)cc1. The first-order valence-corrected chi connectivity index (χ1v) is 4.73. The summed E-state index contributed by atoms with van der Waals surface area (Å²) in [7, 11) is 0. The van der Waals surface area contributed by atoms with E-state index in [9.17, 15) is 0 Å². The molecule has 0 saturated heterocycles. The monoisotopic (exact) mass is 204 g/mol. The normalized spacial score (nSPS) is 10.3. The zero-order valence-electron chi connectivity index (χ0n) is 8.73. The number of hydrogen-bond donors (Lipinski definition) is 0. The molecule has 2 rings (SSSR count). The Hall–Kier alpha value is -1.84. The van der Waals surface area contributed by atoms with E-state index in [-0.39, 0.29) is 6.08 Å². The highest BCUT2D eigenvalue weighted by Crippen LogP contribution is 2.09. The van der Waals surface area contributed by atoms with Gasteiger partial charge in [0.15, 0.2) is 5.82 Å². The van der Waals surface area contributed by atoms with Gasteiger partial charge in [0.05, 0.1) is 0 Å². The van der Waals surface area contributed by atoms with Crippen LogP contribution in [-0.2, 0) is 6.61 Å². The quantitative estimate of drug-likeness (QED) is 0.769. The number of aryl methyl sites for hydroxylation is 2. The van der Waals surface area contributed by atoms with E-state index in [4.69, 9.17) is 9.26 Å². The molecule has 0 aliphatic heterocycles. The molecule has 4 heteroatoms. The van der Waals surface area contributed by atoms with Gasteiger partial charge in [-0.25, -0.2) is 0 Å². The molecule has 4 nitrogen and oxygen atoms in total. The Morgan fingerprint density at radius 1 is 1.20 bits per heavy atom. The highest BCUT2D eigenvalue weighted by atomic mass is 16.6. The average molecular weight is 204 g/mol. The highest BCUT2D eigenvalue weighted by Gasteiger charge is 2.02. The minimum atomic E-state index is 0.216. The van der Waals surface area contributed by atoms with Gasteiger partial charge >= 0.3 is 6.08 Å². The summed E-state index contributed by atoms with van der Waals surface area (Å²) >= 11 is 0. The molecule has 0 aliphatic carbocycles. The summed E-state index contributed by atoms with van der Waals surface area (Å²) in [5.74, 6) is 0.578. The highest BCUT2D eigenvalue weighted by molar-refractivity contribution is 5.20. The Bertz CT molecular complexity index is 434. The molecule has 1 aromatic carbocycles. The maximum absolute atomic E-state index is 5.31. The van der Waals surface area contributed by atoms with Crippen LogP contribution >= 0.6 is 0 Å². The Balaban J connectivity index is 1.96. The molecule has 0 bridgehead atoms. The number of rotatable bonds is 3. The van der Waals surface area contributed by atoms with Gasteiger partial charge in [-0.2, -0.15) is 4.98 Å². The number of benzene rings is 1. The number of nitrogens with zero attached hydrogens (tertiary/aromatic N) is 2. The van der Waals surface area contributed by atoms with Crippen molar-refractivity contribution in [3.63, 3.8) is 0 Å². The van der Waals surface area contributed by atoms with Gasteiger partial charge in [0.2, 0.25) is 0 Å². The fourth-order valence-electron chi connectivity index (χ4n) is 1.17. The lowest BCUT2D eigenvalue weighted by Crippen LogP contribution is -1.95. The summed E-state index contributed by atoms with van der Waals surface area (Å²) in [6.07, 6.45) is 0.216. The molecule has 0 N–H and O–H groups in total. The lowest BCUT2D eigenvalue weighted by molar-refractivity contribution is 0.195. The van der Waals surface area contributed by atoms with Crippen molar-refractivity contribution in [1.29, 1.82) is 0 Å². The van der Waals surface area contributed by atoms with Gasteiger partial charge in [-0.1, -0.05) is 35.0 Å². The van der Waals surface area contributed by atoms with E-state index >= 15 is 0 Å². The molecule has 0 aliphatic rings. The molecule has 2 aromatic rings. The first kappa shape index (κ1) is 9.71. The molecule has 15 heavy (non-hydrogen) atoms. The average Bonchev–Trinajstić information content (AvgIpc) is 2.64. The molecule has 0 unspecified atom stereocenters. The van der Waals surface area contributed by atoms with Crippen molar-refractivity contribution in [3.05, 3.63) is 41.2 Å². The predicted molar refractivity (Wildman–Crippen MR) is 54.5 cm³/mol. The van der Waals surface area contributed by atoms with E-state index in [0.29, 0.717) is 12.4 Å². The fraction of sp³-hybridized carbons (Fsp3) is 0.273. The predicted octanol–water partition coefficient (Wildman–Crippen LogP) is 2.27. The van der Waals surface area contributed by atoms with Crippen LogP contribution in [0.25, 0.3) is 0 Å². The van der Waals surface area contributed by atoms with Crippen LogP contribution in [0.5, 0.6) is 6.08 Å². The van der Waals surface area contributed by atoms with Crippen LogP contribution in [0.4, 0.5) is 0 Å². The van der Waals surface area contributed by atoms with Crippen LogP contribution in [0.15, 0.2) is 28.8 Å². The third-order valence-corrected chi connectivity index (χ3v) is 1.99. The Morgan fingerprint density at radius 2 is 1.93 bits per heavy atom. The smallest absolute Gasteiger partial charge is 0.417 e. The van der Waals surface area contributed by atoms with E-state index < -0.39 is 0 Å². The second kappa shape index (κ2) is 4.13. The summed E-state index contributed by atoms with van der Waals surface area (Å²) < 4.78 is 10.1. The third kappa shape index (κ3) is 2.56. The molecule has 1 heterocycles. The standard InChI is InChI=1S/C11H12N2O2/c1-8-3-5-10(6-4-8)7-14-11-12-9(2)13-15-11/h3-6H,7H2,1-2H3. The van der Waals surface area contributed by atoms with Crippen LogP contribution in [0.3, 0.4) is 0 Å². The molecule has 1 aromatic heterocycles. The van der Waals surface area contributed by atoms with Crippen molar-refractivity contribution in [1.82, 2.24) is 10.1 Å². The second-order valence-electron chi connectivity index (χ2n) is 3.38. The molecule has 0 amide bonds. The van der Waals surface area contributed by atoms with Crippen molar-refractivity contribution in [2.75, 3.05) is 0 Å². The topological polar surface area (TPSA) is 48.2 Å². The zero-order chi connectivity index (χ0) is 10.7. The van der Waals surface area contributed by atoms with Crippen LogP contribution in [0.2, 0.25) is 0 Å². The molecule has 0 radical (unpaired) electrons.